The fraction of sp³-hybridized carbons (Fsp3) is 0.556. The van der Waals surface area contributed by atoms with Crippen LogP contribution in [0.5, 0.6) is 0 Å². The Morgan fingerprint density at radius 3 is 3.00 bits per heavy atom. The third kappa shape index (κ3) is 2.73. The van der Waals surface area contributed by atoms with E-state index in [0.29, 0.717) is 24.3 Å². The van der Waals surface area contributed by atoms with Gasteiger partial charge in [0.1, 0.15) is 4.88 Å². The van der Waals surface area contributed by atoms with Crippen molar-refractivity contribution in [3.05, 3.63) is 10.6 Å². The number of amides is 1. The maximum atomic E-state index is 11.8. The Labute approximate surface area is 92.5 Å². The molecule has 0 saturated heterocycles. The highest BCUT2D eigenvalue weighted by Crippen LogP contribution is 2.13. The van der Waals surface area contributed by atoms with Gasteiger partial charge in [0.2, 0.25) is 0 Å². The van der Waals surface area contributed by atoms with Crippen LogP contribution in [0.4, 0.5) is 0 Å². The van der Waals surface area contributed by atoms with Crippen molar-refractivity contribution < 1.29 is 4.79 Å². The van der Waals surface area contributed by atoms with Crippen molar-refractivity contribution in [1.82, 2.24) is 14.5 Å². The molecule has 1 amide bonds. The maximum Gasteiger partial charge on any atom is 0.267 e. The lowest BCUT2D eigenvalue weighted by Gasteiger charge is -2.13. The Balaban J connectivity index is 2.72. The molecule has 0 N–H and O–H groups in total. The van der Waals surface area contributed by atoms with Gasteiger partial charge in [-0.3, -0.25) is 4.79 Å². The van der Waals surface area contributed by atoms with Crippen LogP contribution in [0.15, 0.2) is 0 Å². The van der Waals surface area contributed by atoms with Crippen LogP contribution in [-0.4, -0.2) is 34.0 Å². The number of carbonyl (C=O) groups excluding carboxylic acids is 1. The average Bonchev–Trinajstić information content (AvgIpc) is 2.72. The minimum Gasteiger partial charge on any atom is -0.340 e. The minimum atomic E-state index is -0.0999. The molecule has 1 heterocycles. The molecule has 80 valence electrons. The SMILES string of the molecule is CCc1nnsc1C(=O)N(C)CCC#N. The number of rotatable bonds is 4. The molecule has 0 aliphatic carbocycles. The van der Waals surface area contributed by atoms with E-state index in [0.717, 1.165) is 17.2 Å². The molecule has 15 heavy (non-hydrogen) atoms. The van der Waals surface area contributed by atoms with E-state index in [1.54, 1.807) is 7.05 Å². The lowest BCUT2D eigenvalue weighted by Crippen LogP contribution is -2.27. The number of nitrogens with zero attached hydrogens (tertiary/aromatic N) is 4. The molecule has 0 aromatic carbocycles. The van der Waals surface area contributed by atoms with Gasteiger partial charge in [0.25, 0.3) is 5.91 Å². The summed E-state index contributed by atoms with van der Waals surface area (Å²) in [4.78, 5) is 13.9. The van der Waals surface area contributed by atoms with E-state index in [4.69, 9.17) is 5.26 Å². The van der Waals surface area contributed by atoms with Crippen molar-refractivity contribution >= 4 is 17.4 Å². The summed E-state index contributed by atoms with van der Waals surface area (Å²) < 4.78 is 3.76. The van der Waals surface area contributed by atoms with Gasteiger partial charge in [-0.2, -0.15) is 5.26 Å². The summed E-state index contributed by atoms with van der Waals surface area (Å²) in [6, 6.07) is 2.01. The van der Waals surface area contributed by atoms with Gasteiger partial charge < -0.3 is 4.90 Å². The van der Waals surface area contributed by atoms with Crippen molar-refractivity contribution in [3.63, 3.8) is 0 Å². The van der Waals surface area contributed by atoms with Gasteiger partial charge in [-0.1, -0.05) is 11.4 Å². The number of aryl methyl sites for hydroxylation is 1. The van der Waals surface area contributed by atoms with Crippen LogP contribution in [0.25, 0.3) is 0 Å². The summed E-state index contributed by atoms with van der Waals surface area (Å²) in [5.74, 6) is -0.0999. The van der Waals surface area contributed by atoms with Gasteiger partial charge in [0, 0.05) is 13.6 Å². The smallest absolute Gasteiger partial charge is 0.267 e. The average molecular weight is 224 g/mol. The zero-order valence-electron chi connectivity index (χ0n) is 8.73. The topological polar surface area (TPSA) is 69.9 Å². The number of hydrogen-bond donors (Lipinski definition) is 0. The van der Waals surface area contributed by atoms with Gasteiger partial charge in [0.15, 0.2) is 0 Å². The largest absolute Gasteiger partial charge is 0.340 e. The van der Waals surface area contributed by atoms with Gasteiger partial charge >= 0.3 is 0 Å². The van der Waals surface area contributed by atoms with Gasteiger partial charge in [0.05, 0.1) is 18.2 Å². The summed E-state index contributed by atoms with van der Waals surface area (Å²) in [5, 5.41) is 12.3. The second-order valence-electron chi connectivity index (χ2n) is 3.04. The molecule has 1 aromatic rings. The van der Waals surface area contributed by atoms with Crippen molar-refractivity contribution in [1.29, 1.82) is 5.26 Å². The molecule has 0 spiro atoms. The molecule has 0 saturated carbocycles. The van der Waals surface area contributed by atoms with Crippen LogP contribution in [0.3, 0.4) is 0 Å². The van der Waals surface area contributed by atoms with Crippen LogP contribution in [0.1, 0.15) is 28.7 Å². The van der Waals surface area contributed by atoms with Crippen LogP contribution in [0, 0.1) is 11.3 Å². The number of hydrogen-bond acceptors (Lipinski definition) is 5. The van der Waals surface area contributed by atoms with Crippen molar-refractivity contribution in [2.24, 2.45) is 0 Å². The Morgan fingerprint density at radius 1 is 1.67 bits per heavy atom. The zero-order chi connectivity index (χ0) is 11.3. The van der Waals surface area contributed by atoms with E-state index in [-0.39, 0.29) is 5.91 Å². The molecule has 5 nitrogen and oxygen atoms in total. The third-order valence-corrected chi connectivity index (χ3v) is 2.75. The monoisotopic (exact) mass is 224 g/mol. The van der Waals surface area contributed by atoms with Gasteiger partial charge in [-0.05, 0) is 18.0 Å². The fourth-order valence-corrected chi connectivity index (χ4v) is 1.84. The second-order valence-corrected chi connectivity index (χ2v) is 3.79. The molecule has 0 atom stereocenters. The van der Waals surface area contributed by atoms with Crippen LogP contribution < -0.4 is 0 Å². The number of nitriles is 1. The van der Waals surface area contributed by atoms with Crippen LogP contribution in [0.2, 0.25) is 0 Å². The molecule has 6 heteroatoms. The van der Waals surface area contributed by atoms with Crippen LogP contribution >= 0.6 is 11.5 Å². The molecular formula is C9H12N4OS. The van der Waals surface area contributed by atoms with Crippen LogP contribution in [-0.2, 0) is 6.42 Å². The molecule has 0 unspecified atom stereocenters. The lowest BCUT2D eigenvalue weighted by atomic mass is 10.2. The summed E-state index contributed by atoms with van der Waals surface area (Å²) in [7, 11) is 1.68. The number of aromatic nitrogens is 2. The summed E-state index contributed by atoms with van der Waals surface area (Å²) >= 11 is 1.11. The Kier molecular flexibility index (Phi) is 4.18. The van der Waals surface area contributed by atoms with E-state index in [1.807, 2.05) is 13.0 Å². The summed E-state index contributed by atoms with van der Waals surface area (Å²) in [5.41, 5.74) is 0.730. The van der Waals surface area contributed by atoms with E-state index >= 15 is 0 Å². The van der Waals surface area contributed by atoms with Gasteiger partial charge in [-0.25, -0.2) is 0 Å². The third-order valence-electron chi connectivity index (χ3n) is 1.99. The van der Waals surface area contributed by atoms with E-state index < -0.39 is 0 Å². The highest BCUT2D eigenvalue weighted by Gasteiger charge is 2.18. The van der Waals surface area contributed by atoms with E-state index in [2.05, 4.69) is 9.59 Å². The quantitative estimate of drug-likeness (QED) is 0.767. The highest BCUT2D eigenvalue weighted by atomic mass is 32.1. The van der Waals surface area contributed by atoms with Gasteiger partial charge in [-0.15, -0.1) is 5.10 Å². The molecule has 0 bridgehead atoms. The lowest BCUT2D eigenvalue weighted by molar-refractivity contribution is 0.0801. The molecule has 1 aromatic heterocycles. The molecule has 0 radical (unpaired) electrons. The first-order chi connectivity index (χ1) is 7.20. The standard InChI is InChI=1S/C9H12N4OS/c1-3-7-8(15-12-11-7)9(14)13(2)6-4-5-10/h3-4,6H2,1-2H3. The fourth-order valence-electron chi connectivity index (χ4n) is 1.09. The first-order valence-electron chi connectivity index (χ1n) is 4.64. The predicted octanol–water partition coefficient (Wildman–Crippen LogP) is 1.09. The Bertz CT molecular complexity index is 382. The zero-order valence-corrected chi connectivity index (χ0v) is 9.54. The first kappa shape index (κ1) is 11.6. The Morgan fingerprint density at radius 2 is 2.40 bits per heavy atom. The Hall–Kier alpha value is -1.48. The maximum absolute atomic E-state index is 11.8. The second kappa shape index (κ2) is 5.41. The van der Waals surface area contributed by atoms with E-state index in [9.17, 15) is 4.79 Å². The summed E-state index contributed by atoms with van der Waals surface area (Å²) in [6.45, 7) is 2.37. The normalized spacial score (nSPS) is 9.67. The molecule has 0 aliphatic heterocycles. The molecular weight excluding hydrogens is 212 g/mol. The minimum absolute atomic E-state index is 0.0999. The van der Waals surface area contributed by atoms with Crippen molar-refractivity contribution in [2.75, 3.05) is 13.6 Å². The summed E-state index contributed by atoms with van der Waals surface area (Å²) in [6.07, 6.45) is 1.04. The predicted molar refractivity (Wildman–Crippen MR) is 56.5 cm³/mol. The number of carbonyl (C=O) groups is 1. The van der Waals surface area contributed by atoms with Crippen molar-refractivity contribution in [3.8, 4) is 6.07 Å². The first-order valence-corrected chi connectivity index (χ1v) is 5.41. The molecule has 0 aliphatic rings. The van der Waals surface area contributed by atoms with Crippen molar-refractivity contribution in [2.45, 2.75) is 19.8 Å². The highest BCUT2D eigenvalue weighted by molar-refractivity contribution is 7.07. The molecule has 1 rings (SSSR count). The van der Waals surface area contributed by atoms with E-state index in [1.165, 1.54) is 4.90 Å². The molecule has 0 fully saturated rings.